The molecule has 33 heavy (non-hydrogen) atoms. The van der Waals surface area contributed by atoms with Gasteiger partial charge in [0.15, 0.2) is 5.78 Å². The van der Waals surface area contributed by atoms with Gasteiger partial charge in [-0.3, -0.25) is 4.79 Å². The first-order chi connectivity index (χ1) is 15.5. The van der Waals surface area contributed by atoms with E-state index >= 15 is 0 Å². The van der Waals surface area contributed by atoms with E-state index in [1.165, 1.54) is 19.2 Å². The Morgan fingerprint density at radius 2 is 1.61 bits per heavy atom. The molecule has 1 atom stereocenters. The van der Waals surface area contributed by atoms with Crippen LogP contribution in [0.25, 0.3) is 0 Å². The first-order valence-electron chi connectivity index (χ1n) is 10.8. The van der Waals surface area contributed by atoms with Crippen LogP contribution in [0.2, 0.25) is 0 Å². The third kappa shape index (κ3) is 4.13. The number of hydrogen-bond donors (Lipinski definition) is 1. The molecular weight excluding hydrogens is 438 g/mol. The molecule has 0 saturated carbocycles. The van der Waals surface area contributed by atoms with E-state index in [4.69, 9.17) is 4.74 Å². The third-order valence-electron chi connectivity index (χ3n) is 6.22. The molecule has 4 rings (SSSR count). The van der Waals surface area contributed by atoms with E-state index in [-0.39, 0.29) is 21.0 Å². The summed E-state index contributed by atoms with van der Waals surface area (Å²) in [5.74, 6) is -1.16. The molecule has 172 valence electrons. The Morgan fingerprint density at radius 1 is 1.00 bits per heavy atom. The van der Waals surface area contributed by atoms with E-state index < -0.39 is 21.7 Å². The van der Waals surface area contributed by atoms with Crippen molar-refractivity contribution in [3.63, 3.8) is 0 Å². The Kier molecular flexibility index (Phi) is 5.78. The van der Waals surface area contributed by atoms with Crippen LogP contribution in [0.15, 0.2) is 86.9 Å². The van der Waals surface area contributed by atoms with Crippen molar-refractivity contribution in [1.82, 2.24) is 5.32 Å². The van der Waals surface area contributed by atoms with Crippen LogP contribution in [0.4, 0.5) is 0 Å². The second-order valence-electron chi connectivity index (χ2n) is 9.31. The zero-order chi connectivity index (χ0) is 24.0. The smallest absolute Gasteiger partial charge is 0.336 e. The summed E-state index contributed by atoms with van der Waals surface area (Å²) in [6, 6.07) is 14.6. The highest BCUT2D eigenvalue weighted by molar-refractivity contribution is 7.91. The van der Waals surface area contributed by atoms with E-state index in [1.807, 2.05) is 13.8 Å². The van der Waals surface area contributed by atoms with Gasteiger partial charge >= 0.3 is 5.97 Å². The first-order valence-corrected chi connectivity index (χ1v) is 12.3. The van der Waals surface area contributed by atoms with Crippen LogP contribution < -0.4 is 5.32 Å². The van der Waals surface area contributed by atoms with E-state index in [0.29, 0.717) is 35.2 Å². The van der Waals surface area contributed by atoms with Crippen molar-refractivity contribution in [2.24, 2.45) is 5.41 Å². The zero-order valence-electron chi connectivity index (χ0n) is 19.1. The lowest BCUT2D eigenvalue weighted by molar-refractivity contribution is -0.136. The number of carbonyl (C=O) groups is 2. The zero-order valence-corrected chi connectivity index (χ0v) is 20.0. The van der Waals surface area contributed by atoms with Crippen LogP contribution in [0.1, 0.15) is 45.1 Å². The Bertz CT molecular complexity index is 1290. The van der Waals surface area contributed by atoms with Crippen molar-refractivity contribution in [2.45, 2.75) is 49.3 Å². The molecule has 0 spiro atoms. The molecule has 0 aromatic heterocycles. The molecule has 0 saturated heterocycles. The number of hydrogen-bond acceptors (Lipinski definition) is 6. The van der Waals surface area contributed by atoms with Crippen molar-refractivity contribution < 1.29 is 22.7 Å². The van der Waals surface area contributed by atoms with Crippen LogP contribution in [-0.2, 0) is 24.2 Å². The molecule has 6 nitrogen and oxygen atoms in total. The summed E-state index contributed by atoms with van der Waals surface area (Å²) in [4.78, 5) is 26.3. The van der Waals surface area contributed by atoms with Gasteiger partial charge in [0.05, 0.1) is 22.5 Å². The van der Waals surface area contributed by atoms with Gasteiger partial charge in [-0.25, -0.2) is 13.2 Å². The predicted octanol–water partition coefficient (Wildman–Crippen LogP) is 4.30. The normalized spacial score (nSPS) is 20.2. The molecule has 1 N–H and O–H groups in total. The molecular formula is C26H27NO5S. The first kappa shape index (κ1) is 23.0. The highest BCUT2D eigenvalue weighted by atomic mass is 32.2. The average molecular weight is 466 g/mol. The molecule has 1 aliphatic carbocycles. The molecule has 1 aliphatic heterocycles. The SMILES string of the molecule is COC(=O)C1=C(C)NC2=C(C(=O)CC(C)(C)C2)C1c1ccc(S(=O)(=O)c2ccccc2)cc1. The second-order valence-corrected chi connectivity index (χ2v) is 11.3. The van der Waals surface area contributed by atoms with Crippen LogP contribution in [-0.4, -0.2) is 27.3 Å². The number of carbonyl (C=O) groups excluding carboxylic acids is 2. The van der Waals surface area contributed by atoms with Gasteiger partial charge in [-0.1, -0.05) is 44.2 Å². The second kappa shape index (κ2) is 8.30. The van der Waals surface area contributed by atoms with Crippen molar-refractivity contribution in [3.8, 4) is 0 Å². The molecule has 7 heteroatoms. The van der Waals surface area contributed by atoms with Gasteiger partial charge < -0.3 is 10.1 Å². The molecule has 0 fully saturated rings. The predicted molar refractivity (Wildman–Crippen MR) is 124 cm³/mol. The van der Waals surface area contributed by atoms with Crippen molar-refractivity contribution >= 4 is 21.6 Å². The number of benzene rings is 2. The van der Waals surface area contributed by atoms with Crippen LogP contribution >= 0.6 is 0 Å². The summed E-state index contributed by atoms with van der Waals surface area (Å²) in [5, 5.41) is 3.27. The summed E-state index contributed by atoms with van der Waals surface area (Å²) in [7, 11) is -2.37. The Balaban J connectivity index is 1.82. The Labute approximate surface area is 194 Å². The van der Waals surface area contributed by atoms with Gasteiger partial charge in [-0.15, -0.1) is 0 Å². The Morgan fingerprint density at radius 3 is 2.21 bits per heavy atom. The number of rotatable bonds is 4. The van der Waals surface area contributed by atoms with E-state index in [9.17, 15) is 18.0 Å². The van der Waals surface area contributed by atoms with Gasteiger partial charge in [-0.05, 0) is 48.6 Å². The van der Waals surface area contributed by atoms with Gasteiger partial charge in [-0.2, -0.15) is 0 Å². The van der Waals surface area contributed by atoms with Crippen LogP contribution in [0.3, 0.4) is 0 Å². The van der Waals surface area contributed by atoms with Gasteiger partial charge in [0.2, 0.25) is 9.84 Å². The fourth-order valence-corrected chi connectivity index (χ4v) is 6.01. The minimum absolute atomic E-state index is 0.0198. The quantitative estimate of drug-likeness (QED) is 0.678. The molecule has 1 heterocycles. The fraction of sp³-hybridized carbons (Fsp3) is 0.308. The summed E-state index contributed by atoms with van der Waals surface area (Å²) < 4.78 is 31.0. The topological polar surface area (TPSA) is 89.5 Å². The number of sulfone groups is 1. The molecule has 0 amide bonds. The lowest BCUT2D eigenvalue weighted by Gasteiger charge is -2.39. The number of Topliss-reactive ketones (excluding diaryl/α,β-unsaturated/α-hetero) is 1. The van der Waals surface area contributed by atoms with Gasteiger partial charge in [0.25, 0.3) is 0 Å². The number of allylic oxidation sites excluding steroid dienone is 3. The lowest BCUT2D eigenvalue weighted by atomic mass is 9.68. The maximum absolute atomic E-state index is 13.2. The third-order valence-corrected chi connectivity index (χ3v) is 8.01. The van der Waals surface area contributed by atoms with E-state index in [2.05, 4.69) is 5.32 Å². The summed E-state index contributed by atoms with van der Waals surface area (Å²) in [6.45, 7) is 5.89. The van der Waals surface area contributed by atoms with Crippen LogP contribution in [0.5, 0.6) is 0 Å². The maximum Gasteiger partial charge on any atom is 0.336 e. The molecule has 0 radical (unpaired) electrons. The average Bonchev–Trinajstić information content (AvgIpc) is 2.77. The number of esters is 1. The maximum atomic E-state index is 13.2. The number of dihydropyridines is 1. The molecule has 0 bridgehead atoms. The molecule has 2 aromatic rings. The standard InChI is InChI=1S/C26H27NO5S/c1-16-22(25(29)32-4)23(24-20(27-16)14-26(2,3)15-21(24)28)17-10-12-19(13-11-17)33(30,31)18-8-6-5-7-9-18/h5-13,23,27H,14-15H2,1-4H3. The highest BCUT2D eigenvalue weighted by Gasteiger charge is 2.43. The minimum atomic E-state index is -3.68. The monoisotopic (exact) mass is 465 g/mol. The van der Waals surface area contributed by atoms with Crippen molar-refractivity contribution in [1.29, 1.82) is 0 Å². The Hall–Kier alpha value is -3.19. The number of ether oxygens (including phenoxy) is 1. The molecule has 2 aromatic carbocycles. The largest absolute Gasteiger partial charge is 0.466 e. The summed E-state index contributed by atoms with van der Waals surface area (Å²) in [5.41, 5.74) is 2.85. The number of ketones is 1. The van der Waals surface area contributed by atoms with Crippen molar-refractivity contribution in [2.75, 3.05) is 7.11 Å². The van der Waals surface area contributed by atoms with Crippen molar-refractivity contribution in [3.05, 3.63) is 82.7 Å². The summed E-state index contributed by atoms with van der Waals surface area (Å²) >= 11 is 0. The van der Waals surface area contributed by atoms with E-state index in [0.717, 1.165) is 5.70 Å². The van der Waals surface area contributed by atoms with Gasteiger partial charge in [0.1, 0.15) is 0 Å². The minimum Gasteiger partial charge on any atom is -0.466 e. The lowest BCUT2D eigenvalue weighted by Crippen LogP contribution is -2.38. The highest BCUT2D eigenvalue weighted by Crippen LogP contribution is 2.46. The number of nitrogens with one attached hydrogen (secondary N) is 1. The molecule has 1 unspecified atom stereocenters. The number of methoxy groups -OCH3 is 1. The van der Waals surface area contributed by atoms with E-state index in [1.54, 1.807) is 49.4 Å². The molecule has 2 aliphatic rings. The van der Waals surface area contributed by atoms with Gasteiger partial charge in [0, 0.05) is 29.3 Å². The fourth-order valence-electron chi connectivity index (χ4n) is 4.73. The summed E-state index contributed by atoms with van der Waals surface area (Å²) in [6.07, 6.45) is 1.05. The van der Waals surface area contributed by atoms with Crippen LogP contribution in [0, 0.1) is 5.41 Å².